The van der Waals surface area contributed by atoms with Crippen molar-refractivity contribution in [3.63, 3.8) is 0 Å². The van der Waals surface area contributed by atoms with Gasteiger partial charge in [0.15, 0.2) is 5.11 Å². The van der Waals surface area contributed by atoms with Gasteiger partial charge in [0.05, 0.1) is 17.9 Å². The first-order chi connectivity index (χ1) is 12.6. The number of carbonyl (C=O) groups excluding carboxylic acids is 1. The maximum atomic E-state index is 12.2. The molecule has 0 saturated carbocycles. The number of nitrogens with one attached hydrogen (secondary N) is 2. The van der Waals surface area contributed by atoms with E-state index in [1.165, 1.54) is 0 Å². The van der Waals surface area contributed by atoms with Crippen LogP contribution in [-0.2, 0) is 4.74 Å². The van der Waals surface area contributed by atoms with Crippen molar-refractivity contribution in [3.8, 4) is 11.8 Å². The third-order valence-electron chi connectivity index (χ3n) is 3.34. The molecule has 0 spiro atoms. The number of ether oxygens (including phenoxy) is 2. The molecule has 1 amide bonds. The first-order valence-corrected chi connectivity index (χ1v) is 8.47. The molecule has 0 fully saturated rings. The Balaban J connectivity index is 1.88. The van der Waals surface area contributed by atoms with Crippen molar-refractivity contribution in [2.24, 2.45) is 0 Å². The van der Waals surface area contributed by atoms with Gasteiger partial charge in [0, 0.05) is 12.2 Å². The summed E-state index contributed by atoms with van der Waals surface area (Å²) in [4.78, 5) is 12.2. The lowest BCUT2D eigenvalue weighted by Gasteiger charge is -2.11. The van der Waals surface area contributed by atoms with E-state index in [1.807, 2.05) is 6.92 Å². The summed E-state index contributed by atoms with van der Waals surface area (Å²) in [6, 6.07) is 15.7. The van der Waals surface area contributed by atoms with Gasteiger partial charge in [0.2, 0.25) is 0 Å². The molecule has 0 atom stereocenters. The fourth-order valence-electron chi connectivity index (χ4n) is 2.08. The maximum Gasteiger partial charge on any atom is 0.257 e. The Morgan fingerprint density at radius 2 is 1.88 bits per heavy atom. The van der Waals surface area contributed by atoms with Crippen LogP contribution in [-0.4, -0.2) is 30.8 Å². The number of carbonyl (C=O) groups is 1. The van der Waals surface area contributed by atoms with Gasteiger partial charge in [-0.2, -0.15) is 5.26 Å². The number of anilines is 1. The van der Waals surface area contributed by atoms with Gasteiger partial charge in [-0.15, -0.1) is 0 Å². The number of nitrogens with zero attached hydrogens (tertiary/aromatic N) is 1. The Kier molecular flexibility index (Phi) is 7.55. The van der Waals surface area contributed by atoms with Gasteiger partial charge in [0.25, 0.3) is 5.91 Å². The summed E-state index contributed by atoms with van der Waals surface area (Å²) in [5, 5.41) is 14.6. The van der Waals surface area contributed by atoms with Crippen LogP contribution in [0.25, 0.3) is 0 Å². The average molecular weight is 369 g/mol. The van der Waals surface area contributed by atoms with Gasteiger partial charge in [-0.1, -0.05) is 12.1 Å². The summed E-state index contributed by atoms with van der Waals surface area (Å²) < 4.78 is 10.7. The third-order valence-corrected chi connectivity index (χ3v) is 3.54. The first-order valence-electron chi connectivity index (χ1n) is 8.06. The smallest absolute Gasteiger partial charge is 0.257 e. The summed E-state index contributed by atoms with van der Waals surface area (Å²) in [5.41, 5.74) is 1.43. The largest absolute Gasteiger partial charge is 0.491 e. The minimum Gasteiger partial charge on any atom is -0.491 e. The van der Waals surface area contributed by atoms with Crippen LogP contribution in [0, 0.1) is 11.3 Å². The molecular formula is C19H19N3O3S. The Hall–Kier alpha value is -2.95. The molecule has 7 heteroatoms. The van der Waals surface area contributed by atoms with Gasteiger partial charge in [-0.25, -0.2) is 0 Å². The summed E-state index contributed by atoms with van der Waals surface area (Å²) in [5.74, 6) is 0.308. The van der Waals surface area contributed by atoms with E-state index in [4.69, 9.17) is 27.0 Å². The van der Waals surface area contributed by atoms with Crippen molar-refractivity contribution < 1.29 is 14.3 Å². The molecule has 0 radical (unpaired) electrons. The zero-order chi connectivity index (χ0) is 18.8. The second kappa shape index (κ2) is 10.1. The van der Waals surface area contributed by atoms with Crippen LogP contribution in [0.5, 0.6) is 5.75 Å². The highest BCUT2D eigenvalue weighted by Crippen LogP contribution is 2.14. The molecule has 0 aliphatic rings. The van der Waals surface area contributed by atoms with E-state index < -0.39 is 0 Å². The van der Waals surface area contributed by atoms with Crippen LogP contribution in [0.3, 0.4) is 0 Å². The van der Waals surface area contributed by atoms with Crippen molar-refractivity contribution >= 4 is 28.9 Å². The van der Waals surface area contributed by atoms with Crippen LogP contribution < -0.4 is 15.4 Å². The van der Waals surface area contributed by atoms with Crippen LogP contribution in [0.15, 0.2) is 48.5 Å². The molecule has 2 rings (SSSR count). The van der Waals surface area contributed by atoms with Crippen molar-refractivity contribution in [1.29, 1.82) is 5.26 Å². The minimum absolute atomic E-state index is 0.120. The van der Waals surface area contributed by atoms with Crippen molar-refractivity contribution in [2.75, 3.05) is 25.1 Å². The molecule has 0 heterocycles. The number of benzene rings is 2. The molecule has 0 bridgehead atoms. The Morgan fingerprint density at radius 3 is 2.58 bits per heavy atom. The SMILES string of the molecule is CCOCCOc1ccc(C(=O)NC(=S)Nc2ccccc2C#N)cc1. The maximum absolute atomic E-state index is 12.2. The van der Waals surface area contributed by atoms with Crippen LogP contribution in [0.2, 0.25) is 0 Å². The van der Waals surface area contributed by atoms with E-state index in [-0.39, 0.29) is 11.0 Å². The summed E-state index contributed by atoms with van der Waals surface area (Å²) >= 11 is 5.14. The highest BCUT2D eigenvalue weighted by atomic mass is 32.1. The second-order valence-electron chi connectivity index (χ2n) is 5.14. The van der Waals surface area contributed by atoms with E-state index in [0.717, 1.165) is 0 Å². The lowest BCUT2D eigenvalue weighted by molar-refractivity contribution is 0.0977. The molecule has 2 N–H and O–H groups in total. The monoisotopic (exact) mass is 369 g/mol. The fourth-order valence-corrected chi connectivity index (χ4v) is 2.29. The number of hydrogen-bond donors (Lipinski definition) is 2. The number of rotatable bonds is 7. The quantitative estimate of drug-likeness (QED) is 0.576. The highest BCUT2D eigenvalue weighted by molar-refractivity contribution is 7.80. The zero-order valence-corrected chi connectivity index (χ0v) is 15.1. The van der Waals surface area contributed by atoms with Crippen molar-refractivity contribution in [2.45, 2.75) is 6.92 Å². The van der Waals surface area contributed by atoms with E-state index in [0.29, 0.717) is 42.4 Å². The zero-order valence-electron chi connectivity index (χ0n) is 14.3. The van der Waals surface area contributed by atoms with E-state index in [9.17, 15) is 4.79 Å². The van der Waals surface area contributed by atoms with Crippen molar-refractivity contribution in [1.82, 2.24) is 5.32 Å². The molecule has 2 aromatic rings. The van der Waals surface area contributed by atoms with Crippen LogP contribution >= 0.6 is 12.2 Å². The Morgan fingerprint density at radius 1 is 1.15 bits per heavy atom. The van der Waals surface area contributed by atoms with E-state index in [2.05, 4.69) is 16.7 Å². The summed E-state index contributed by atoms with van der Waals surface area (Å²) in [6.07, 6.45) is 0. The van der Waals surface area contributed by atoms with Crippen molar-refractivity contribution in [3.05, 3.63) is 59.7 Å². The van der Waals surface area contributed by atoms with E-state index >= 15 is 0 Å². The topological polar surface area (TPSA) is 83.4 Å². The average Bonchev–Trinajstić information content (AvgIpc) is 2.66. The number of thiocarbonyl (C=S) groups is 1. The van der Waals surface area contributed by atoms with Crippen LogP contribution in [0.1, 0.15) is 22.8 Å². The van der Waals surface area contributed by atoms with Gasteiger partial charge in [0.1, 0.15) is 18.4 Å². The van der Waals surface area contributed by atoms with Gasteiger partial charge < -0.3 is 14.8 Å². The molecule has 0 unspecified atom stereocenters. The molecule has 0 aliphatic heterocycles. The third kappa shape index (κ3) is 5.84. The standard InChI is InChI=1S/C19H19N3O3S/c1-2-24-11-12-25-16-9-7-14(8-10-16)18(23)22-19(26)21-17-6-4-3-5-15(17)13-20/h3-10H,2,11-12H2,1H3,(H2,21,22,23,26). The Bertz CT molecular complexity index is 800. The molecule has 0 aliphatic carbocycles. The van der Waals surface area contributed by atoms with Gasteiger partial charge >= 0.3 is 0 Å². The fraction of sp³-hybridized carbons (Fsp3) is 0.211. The van der Waals surface area contributed by atoms with Gasteiger partial charge in [-0.3, -0.25) is 10.1 Å². The van der Waals surface area contributed by atoms with E-state index in [1.54, 1.807) is 48.5 Å². The number of para-hydroxylation sites is 1. The molecule has 26 heavy (non-hydrogen) atoms. The molecule has 0 saturated heterocycles. The van der Waals surface area contributed by atoms with Crippen LogP contribution in [0.4, 0.5) is 5.69 Å². The predicted octanol–water partition coefficient (Wildman–Crippen LogP) is 3.10. The Labute approximate surface area is 157 Å². The lowest BCUT2D eigenvalue weighted by Crippen LogP contribution is -2.34. The number of hydrogen-bond acceptors (Lipinski definition) is 5. The normalized spacial score (nSPS) is 9.85. The predicted molar refractivity (Wildman–Crippen MR) is 103 cm³/mol. The second-order valence-corrected chi connectivity index (χ2v) is 5.54. The number of nitriles is 1. The van der Waals surface area contributed by atoms with Gasteiger partial charge in [-0.05, 0) is 55.5 Å². The highest BCUT2D eigenvalue weighted by Gasteiger charge is 2.09. The molecule has 2 aromatic carbocycles. The summed E-state index contributed by atoms with van der Waals surface area (Å²) in [7, 11) is 0. The molecule has 0 aromatic heterocycles. The number of amides is 1. The molecule has 6 nitrogen and oxygen atoms in total. The summed E-state index contributed by atoms with van der Waals surface area (Å²) in [6.45, 7) is 3.54. The molecule has 134 valence electrons. The molecular weight excluding hydrogens is 350 g/mol. The first kappa shape index (κ1) is 19.4. The minimum atomic E-state index is -0.349. The lowest BCUT2D eigenvalue weighted by atomic mass is 10.2.